The summed E-state index contributed by atoms with van der Waals surface area (Å²) in [6.45, 7) is 11.3. The Bertz CT molecular complexity index is 584. The molecule has 2 amide bonds. The highest BCUT2D eigenvalue weighted by atomic mass is 35.5. The fourth-order valence-electron chi connectivity index (χ4n) is 4.89. The van der Waals surface area contributed by atoms with E-state index in [1.165, 1.54) is 25.7 Å². The summed E-state index contributed by atoms with van der Waals surface area (Å²) in [5, 5.41) is 12.8. The second-order valence-corrected chi connectivity index (χ2v) is 11.1. The van der Waals surface area contributed by atoms with Crippen LogP contribution in [0.25, 0.3) is 0 Å². The van der Waals surface area contributed by atoms with Crippen molar-refractivity contribution in [2.45, 2.75) is 128 Å². The summed E-state index contributed by atoms with van der Waals surface area (Å²) in [6, 6.07) is 2.66. The van der Waals surface area contributed by atoms with Gasteiger partial charge in [0.25, 0.3) is 0 Å². The third-order valence-corrected chi connectivity index (χ3v) is 6.00. The molecule has 188 valence electrons. The van der Waals surface area contributed by atoms with Gasteiger partial charge in [-0.3, -0.25) is 0 Å². The molecule has 4 rings (SSSR count). The summed E-state index contributed by atoms with van der Waals surface area (Å²) in [4.78, 5) is 23.1. The summed E-state index contributed by atoms with van der Waals surface area (Å²) in [6.07, 6.45) is 6.35. The third kappa shape index (κ3) is 8.76. The van der Waals surface area contributed by atoms with Crippen LogP contribution in [-0.2, 0) is 9.47 Å². The molecular weight excluding hydrogens is 455 g/mol. The molecular formula is C22H42Cl2N4O4. The minimum absolute atomic E-state index is 0. The number of rotatable bonds is 2. The van der Waals surface area contributed by atoms with Crippen molar-refractivity contribution in [1.82, 2.24) is 21.3 Å². The Morgan fingerprint density at radius 3 is 1.25 bits per heavy atom. The lowest BCUT2D eigenvalue weighted by Crippen LogP contribution is -2.45. The van der Waals surface area contributed by atoms with E-state index >= 15 is 0 Å². The van der Waals surface area contributed by atoms with Gasteiger partial charge in [-0.1, -0.05) is 0 Å². The van der Waals surface area contributed by atoms with Crippen LogP contribution in [0.3, 0.4) is 0 Å². The molecule has 0 radical (unpaired) electrons. The number of alkyl carbamates (subject to hydrolysis) is 2. The summed E-state index contributed by atoms with van der Waals surface area (Å²) < 4.78 is 10.5. The Labute approximate surface area is 204 Å². The molecule has 6 atom stereocenters. The Hall–Kier alpha value is -0.960. The predicted octanol–water partition coefficient (Wildman–Crippen LogP) is 3.65. The topological polar surface area (TPSA) is 101 Å². The van der Waals surface area contributed by atoms with Crippen LogP contribution in [0, 0.1) is 0 Å². The van der Waals surface area contributed by atoms with E-state index in [0.29, 0.717) is 24.2 Å². The Morgan fingerprint density at radius 2 is 1.03 bits per heavy atom. The first kappa shape index (κ1) is 29.1. The van der Waals surface area contributed by atoms with Crippen molar-refractivity contribution >= 4 is 37.0 Å². The molecule has 4 aliphatic rings. The molecule has 0 aromatic carbocycles. The van der Waals surface area contributed by atoms with Gasteiger partial charge in [-0.2, -0.15) is 0 Å². The minimum Gasteiger partial charge on any atom is -0.444 e. The molecule has 4 heterocycles. The molecule has 4 saturated heterocycles. The van der Waals surface area contributed by atoms with Gasteiger partial charge in [-0.25, -0.2) is 9.59 Å². The van der Waals surface area contributed by atoms with Gasteiger partial charge in [-0.15, -0.1) is 24.8 Å². The van der Waals surface area contributed by atoms with Crippen molar-refractivity contribution in [2.24, 2.45) is 0 Å². The number of halogens is 2. The molecule has 4 fully saturated rings. The van der Waals surface area contributed by atoms with E-state index in [0.717, 1.165) is 12.8 Å². The monoisotopic (exact) mass is 496 g/mol. The maximum absolute atomic E-state index is 11.5. The number of hydrogen-bond acceptors (Lipinski definition) is 6. The maximum atomic E-state index is 11.5. The molecule has 0 aromatic rings. The van der Waals surface area contributed by atoms with Gasteiger partial charge < -0.3 is 30.7 Å². The number of ether oxygens (including phenoxy) is 2. The standard InChI is InChI=1S/2C11H20N2O2.2ClH/c2*1-11(2,3)15-10(14)13-9-6-7-4-5-8(9)12-7;;/h2*7-9,12H,4-6H2,1-3H3,(H,13,14);2*1H/t2*7-,8+,9+;;/m10../s1. The van der Waals surface area contributed by atoms with Crippen LogP contribution in [0.4, 0.5) is 9.59 Å². The number of nitrogens with one attached hydrogen (secondary N) is 4. The quantitative estimate of drug-likeness (QED) is 0.465. The van der Waals surface area contributed by atoms with E-state index in [-0.39, 0.29) is 49.1 Å². The number of fused-ring (bicyclic) bond motifs is 4. The van der Waals surface area contributed by atoms with E-state index < -0.39 is 11.2 Å². The smallest absolute Gasteiger partial charge is 0.407 e. The van der Waals surface area contributed by atoms with Gasteiger partial charge in [0.15, 0.2) is 0 Å². The Kier molecular flexibility index (Phi) is 10.4. The first-order valence-corrected chi connectivity index (χ1v) is 11.4. The van der Waals surface area contributed by atoms with Crippen LogP contribution in [0.15, 0.2) is 0 Å². The fraction of sp³-hybridized carbons (Fsp3) is 0.909. The van der Waals surface area contributed by atoms with Crippen molar-refractivity contribution in [1.29, 1.82) is 0 Å². The van der Waals surface area contributed by atoms with Crippen molar-refractivity contribution in [3.8, 4) is 0 Å². The van der Waals surface area contributed by atoms with E-state index in [9.17, 15) is 9.59 Å². The van der Waals surface area contributed by atoms with Crippen molar-refractivity contribution < 1.29 is 19.1 Å². The molecule has 8 nitrogen and oxygen atoms in total. The molecule has 4 aliphatic heterocycles. The van der Waals surface area contributed by atoms with Crippen molar-refractivity contribution in [2.75, 3.05) is 0 Å². The lowest BCUT2D eigenvalue weighted by atomic mass is 9.96. The first-order valence-electron chi connectivity index (χ1n) is 11.4. The number of carbonyl (C=O) groups is 2. The predicted molar refractivity (Wildman–Crippen MR) is 130 cm³/mol. The molecule has 0 aliphatic carbocycles. The lowest BCUT2D eigenvalue weighted by molar-refractivity contribution is 0.0485. The van der Waals surface area contributed by atoms with Gasteiger partial charge in [0, 0.05) is 36.3 Å². The van der Waals surface area contributed by atoms with Crippen LogP contribution >= 0.6 is 24.8 Å². The summed E-state index contributed by atoms with van der Waals surface area (Å²) >= 11 is 0. The molecule has 32 heavy (non-hydrogen) atoms. The molecule has 4 bridgehead atoms. The second-order valence-electron chi connectivity index (χ2n) is 11.1. The molecule has 0 spiro atoms. The lowest BCUT2D eigenvalue weighted by Gasteiger charge is -2.25. The van der Waals surface area contributed by atoms with Crippen molar-refractivity contribution in [3.05, 3.63) is 0 Å². The molecule has 0 unspecified atom stereocenters. The van der Waals surface area contributed by atoms with E-state index in [1.807, 2.05) is 41.5 Å². The minimum atomic E-state index is -0.408. The van der Waals surface area contributed by atoms with E-state index in [1.54, 1.807) is 0 Å². The van der Waals surface area contributed by atoms with Gasteiger partial charge in [-0.05, 0) is 80.1 Å². The van der Waals surface area contributed by atoms with Crippen LogP contribution < -0.4 is 21.3 Å². The fourth-order valence-corrected chi connectivity index (χ4v) is 4.89. The largest absolute Gasteiger partial charge is 0.444 e. The Morgan fingerprint density at radius 1 is 0.688 bits per heavy atom. The van der Waals surface area contributed by atoms with Gasteiger partial charge >= 0.3 is 12.2 Å². The third-order valence-electron chi connectivity index (χ3n) is 6.00. The van der Waals surface area contributed by atoms with Gasteiger partial charge in [0.1, 0.15) is 11.2 Å². The van der Waals surface area contributed by atoms with Crippen LogP contribution in [0.2, 0.25) is 0 Å². The number of hydrogen-bond donors (Lipinski definition) is 4. The van der Waals surface area contributed by atoms with E-state index in [2.05, 4.69) is 21.3 Å². The zero-order valence-corrected chi connectivity index (χ0v) is 21.8. The normalized spacial score (nSPS) is 32.1. The summed E-state index contributed by atoms with van der Waals surface area (Å²) in [5.41, 5.74) is -0.815. The highest BCUT2D eigenvalue weighted by molar-refractivity contribution is 5.85. The SMILES string of the molecule is CC(C)(C)OC(=O)N[C@@H]1C[C@@H]2CC[C@H]1N2.CC(C)(C)OC(=O)N[C@H]1C[C@H]2CC[C@@H]1N2.Cl.Cl. The summed E-state index contributed by atoms with van der Waals surface area (Å²) in [5.74, 6) is 0. The molecule has 4 N–H and O–H groups in total. The Balaban J connectivity index is 0.000000301. The van der Waals surface area contributed by atoms with E-state index in [4.69, 9.17) is 9.47 Å². The molecule has 10 heteroatoms. The first-order chi connectivity index (χ1) is 13.9. The molecule has 0 aromatic heterocycles. The highest BCUT2D eigenvalue weighted by Gasteiger charge is 2.41. The average Bonchev–Trinajstić information content (AvgIpc) is 3.32. The number of amides is 2. The number of carbonyl (C=O) groups excluding carboxylic acids is 2. The zero-order valence-electron chi connectivity index (χ0n) is 20.2. The van der Waals surface area contributed by atoms with Crippen molar-refractivity contribution in [3.63, 3.8) is 0 Å². The second kappa shape index (κ2) is 11.4. The van der Waals surface area contributed by atoms with Crippen LogP contribution in [0.5, 0.6) is 0 Å². The zero-order chi connectivity index (χ0) is 22.1. The van der Waals surface area contributed by atoms with Gasteiger partial charge in [0.2, 0.25) is 0 Å². The summed E-state index contributed by atoms with van der Waals surface area (Å²) in [7, 11) is 0. The maximum Gasteiger partial charge on any atom is 0.407 e. The van der Waals surface area contributed by atoms with Gasteiger partial charge in [0.05, 0.1) is 0 Å². The van der Waals surface area contributed by atoms with Crippen LogP contribution in [0.1, 0.15) is 80.1 Å². The average molecular weight is 498 g/mol. The van der Waals surface area contributed by atoms with Crippen LogP contribution in [-0.4, -0.2) is 59.6 Å². The molecule has 0 saturated carbocycles. The highest BCUT2D eigenvalue weighted by Crippen LogP contribution is 2.29.